The highest BCUT2D eigenvalue weighted by Crippen LogP contribution is 2.28. The van der Waals surface area contributed by atoms with Crippen LogP contribution in [0.3, 0.4) is 0 Å². The van der Waals surface area contributed by atoms with E-state index in [1.165, 1.54) is 0 Å². The maximum absolute atomic E-state index is 6.42. The minimum Gasteiger partial charge on any atom is -0.319 e. The van der Waals surface area contributed by atoms with Crippen molar-refractivity contribution in [3.05, 3.63) is 39.4 Å². The van der Waals surface area contributed by atoms with E-state index in [0.717, 1.165) is 40.1 Å². The maximum Gasteiger partial charge on any atom is 0.0753 e. The van der Waals surface area contributed by atoms with Gasteiger partial charge in [-0.05, 0) is 42.3 Å². The predicted octanol–water partition coefficient (Wildman–Crippen LogP) is 2.37. The summed E-state index contributed by atoms with van der Waals surface area (Å²) in [5.41, 5.74) is 10.2. The molecule has 0 fully saturated rings. The van der Waals surface area contributed by atoms with Gasteiger partial charge in [0, 0.05) is 12.1 Å². The van der Waals surface area contributed by atoms with Crippen molar-refractivity contribution in [2.75, 3.05) is 0 Å². The third-order valence-corrected chi connectivity index (χ3v) is 3.73. The summed E-state index contributed by atoms with van der Waals surface area (Å²) in [6.07, 6.45) is 2.60. The summed E-state index contributed by atoms with van der Waals surface area (Å²) >= 11 is 3.52. The molecule has 0 bridgehead atoms. The van der Waals surface area contributed by atoms with Crippen LogP contribution in [0.15, 0.2) is 16.7 Å². The highest BCUT2D eigenvalue weighted by atomic mass is 79.9. The summed E-state index contributed by atoms with van der Waals surface area (Å²) < 4.78 is 2.84. The first kappa shape index (κ1) is 14.1. The van der Waals surface area contributed by atoms with Crippen LogP contribution in [-0.2, 0) is 13.0 Å². The van der Waals surface area contributed by atoms with E-state index >= 15 is 0 Å². The zero-order valence-corrected chi connectivity index (χ0v) is 13.0. The molecule has 6 heteroatoms. The molecule has 5 nitrogen and oxygen atoms in total. The van der Waals surface area contributed by atoms with Crippen LogP contribution in [0.5, 0.6) is 0 Å². The summed E-state index contributed by atoms with van der Waals surface area (Å²) in [6.45, 7) is 6.82. The number of hydrogen-bond donors (Lipinski definition) is 1. The predicted molar refractivity (Wildman–Crippen MR) is 77.8 cm³/mol. The molecule has 0 aliphatic carbocycles. The standard InChI is InChI=1S/C13H18BrN5/c1-4-11-9(6-8(3)17-18-11)12(15)13-10(14)7-16-19(13)5-2/h6-7,12H,4-5,15H2,1-3H3. The first-order chi connectivity index (χ1) is 9.08. The van der Waals surface area contributed by atoms with Crippen LogP contribution in [0.25, 0.3) is 0 Å². The molecule has 102 valence electrons. The molecular formula is C13H18BrN5. The molecular weight excluding hydrogens is 306 g/mol. The van der Waals surface area contributed by atoms with Gasteiger partial charge in [0.25, 0.3) is 0 Å². The zero-order chi connectivity index (χ0) is 14.0. The van der Waals surface area contributed by atoms with Gasteiger partial charge in [-0.2, -0.15) is 15.3 Å². The van der Waals surface area contributed by atoms with Crippen molar-refractivity contribution in [1.82, 2.24) is 20.0 Å². The lowest BCUT2D eigenvalue weighted by Gasteiger charge is -2.17. The normalized spacial score (nSPS) is 12.7. The van der Waals surface area contributed by atoms with Crippen molar-refractivity contribution in [2.24, 2.45) is 5.73 Å². The van der Waals surface area contributed by atoms with Crippen LogP contribution < -0.4 is 5.73 Å². The molecule has 2 N–H and O–H groups in total. The fraction of sp³-hybridized carbons (Fsp3) is 0.462. The van der Waals surface area contributed by atoms with E-state index in [-0.39, 0.29) is 6.04 Å². The van der Waals surface area contributed by atoms with Crippen molar-refractivity contribution in [2.45, 2.75) is 39.8 Å². The second-order valence-electron chi connectivity index (χ2n) is 4.41. The molecule has 0 radical (unpaired) electrons. The number of rotatable bonds is 4. The molecule has 0 aliphatic rings. The zero-order valence-electron chi connectivity index (χ0n) is 11.4. The molecule has 0 amide bonds. The topological polar surface area (TPSA) is 69.6 Å². The third kappa shape index (κ3) is 2.69. The first-order valence-electron chi connectivity index (χ1n) is 6.38. The number of aromatic nitrogens is 4. The maximum atomic E-state index is 6.42. The molecule has 0 spiro atoms. The molecule has 0 aliphatic heterocycles. The van der Waals surface area contributed by atoms with E-state index < -0.39 is 0 Å². The van der Waals surface area contributed by atoms with Crippen molar-refractivity contribution in [3.63, 3.8) is 0 Å². The second-order valence-corrected chi connectivity index (χ2v) is 5.27. The number of halogens is 1. The van der Waals surface area contributed by atoms with Gasteiger partial charge in [-0.15, -0.1) is 0 Å². The monoisotopic (exact) mass is 323 g/mol. The van der Waals surface area contributed by atoms with Crippen molar-refractivity contribution in [1.29, 1.82) is 0 Å². The summed E-state index contributed by atoms with van der Waals surface area (Å²) in [5, 5.41) is 12.6. The molecule has 2 rings (SSSR count). The average molecular weight is 324 g/mol. The van der Waals surface area contributed by atoms with Gasteiger partial charge in [0.2, 0.25) is 0 Å². The van der Waals surface area contributed by atoms with Crippen molar-refractivity contribution >= 4 is 15.9 Å². The van der Waals surface area contributed by atoms with Gasteiger partial charge >= 0.3 is 0 Å². The highest BCUT2D eigenvalue weighted by Gasteiger charge is 2.21. The van der Waals surface area contributed by atoms with Crippen LogP contribution in [0.4, 0.5) is 0 Å². The van der Waals surface area contributed by atoms with E-state index in [4.69, 9.17) is 5.73 Å². The minimum atomic E-state index is -0.249. The van der Waals surface area contributed by atoms with Gasteiger partial charge in [0.05, 0.1) is 33.8 Å². The Balaban J connectivity index is 2.51. The number of nitrogens with zero attached hydrogens (tertiary/aromatic N) is 4. The smallest absolute Gasteiger partial charge is 0.0753 e. The van der Waals surface area contributed by atoms with E-state index in [1.807, 2.05) is 24.6 Å². The molecule has 0 saturated heterocycles. The number of nitrogens with two attached hydrogens (primary N) is 1. The Morgan fingerprint density at radius 2 is 2.11 bits per heavy atom. The molecule has 1 atom stereocenters. The summed E-state index contributed by atoms with van der Waals surface area (Å²) in [4.78, 5) is 0. The van der Waals surface area contributed by atoms with Crippen molar-refractivity contribution in [3.8, 4) is 0 Å². The first-order valence-corrected chi connectivity index (χ1v) is 7.17. The SMILES string of the molecule is CCc1nnc(C)cc1C(N)c1c(Br)cnn1CC. The number of aryl methyl sites for hydroxylation is 3. The van der Waals surface area contributed by atoms with Crippen LogP contribution in [0, 0.1) is 6.92 Å². The molecule has 2 aromatic rings. The van der Waals surface area contributed by atoms with Crippen LogP contribution in [0.1, 0.15) is 42.5 Å². The van der Waals surface area contributed by atoms with Gasteiger partial charge in [-0.3, -0.25) is 4.68 Å². The average Bonchev–Trinajstić information content (AvgIpc) is 2.79. The van der Waals surface area contributed by atoms with Gasteiger partial charge in [-0.1, -0.05) is 6.92 Å². The fourth-order valence-corrected chi connectivity index (χ4v) is 2.70. The lowest BCUT2D eigenvalue weighted by atomic mass is 10.0. The Morgan fingerprint density at radius 3 is 2.74 bits per heavy atom. The molecule has 0 aromatic carbocycles. The Hall–Kier alpha value is -1.27. The lowest BCUT2D eigenvalue weighted by molar-refractivity contribution is 0.595. The number of hydrogen-bond acceptors (Lipinski definition) is 4. The summed E-state index contributed by atoms with van der Waals surface area (Å²) in [7, 11) is 0. The van der Waals surface area contributed by atoms with Gasteiger partial charge in [-0.25, -0.2) is 0 Å². The van der Waals surface area contributed by atoms with Crippen molar-refractivity contribution < 1.29 is 0 Å². The second kappa shape index (κ2) is 5.79. The van der Waals surface area contributed by atoms with Gasteiger partial charge in [0.1, 0.15) is 0 Å². The molecule has 1 unspecified atom stereocenters. The van der Waals surface area contributed by atoms with E-state index in [0.29, 0.717) is 0 Å². The highest BCUT2D eigenvalue weighted by molar-refractivity contribution is 9.10. The van der Waals surface area contributed by atoms with E-state index in [2.05, 4.69) is 38.1 Å². The van der Waals surface area contributed by atoms with Gasteiger partial charge in [0.15, 0.2) is 0 Å². The van der Waals surface area contributed by atoms with Crippen LogP contribution in [-0.4, -0.2) is 20.0 Å². The van der Waals surface area contributed by atoms with Gasteiger partial charge < -0.3 is 5.73 Å². The Labute approximate surface area is 121 Å². The largest absolute Gasteiger partial charge is 0.319 e. The third-order valence-electron chi connectivity index (χ3n) is 3.12. The Kier molecular flexibility index (Phi) is 4.31. The Morgan fingerprint density at radius 1 is 1.37 bits per heavy atom. The summed E-state index contributed by atoms with van der Waals surface area (Å²) in [5.74, 6) is 0. The quantitative estimate of drug-likeness (QED) is 0.937. The lowest BCUT2D eigenvalue weighted by Crippen LogP contribution is -2.20. The van der Waals surface area contributed by atoms with Crippen LogP contribution in [0.2, 0.25) is 0 Å². The van der Waals surface area contributed by atoms with Crippen LogP contribution >= 0.6 is 15.9 Å². The minimum absolute atomic E-state index is 0.249. The summed E-state index contributed by atoms with van der Waals surface area (Å²) in [6, 6.07) is 1.76. The molecule has 19 heavy (non-hydrogen) atoms. The molecule has 2 aromatic heterocycles. The molecule has 0 saturated carbocycles. The van der Waals surface area contributed by atoms with E-state index in [1.54, 1.807) is 6.20 Å². The fourth-order valence-electron chi connectivity index (χ4n) is 2.16. The Bertz CT molecular complexity index is 578. The molecule has 2 heterocycles. The van der Waals surface area contributed by atoms with E-state index in [9.17, 15) is 0 Å².